The van der Waals surface area contributed by atoms with E-state index < -0.39 is 72.8 Å². The van der Waals surface area contributed by atoms with Crippen LogP contribution in [-0.4, -0.2) is 53.6 Å². The van der Waals surface area contributed by atoms with Gasteiger partial charge in [-0.25, -0.2) is 0 Å². The van der Waals surface area contributed by atoms with E-state index in [0.29, 0.717) is 19.3 Å². The number of alkyl halides is 19. The molecule has 0 heterocycles. The molecular formula is C20H23F19. The lowest BCUT2D eigenvalue weighted by molar-refractivity contribution is -0.468. The fourth-order valence-corrected chi connectivity index (χ4v) is 3.21. The Morgan fingerprint density at radius 3 is 0.872 bits per heavy atom. The zero-order valence-corrected chi connectivity index (χ0v) is 19.8. The third-order valence-corrected chi connectivity index (χ3v) is 5.78. The zero-order valence-electron chi connectivity index (χ0n) is 19.8. The molecule has 0 unspecified atom stereocenters. The maximum atomic E-state index is 13.8. The zero-order chi connectivity index (χ0) is 31.6. The molecule has 0 spiro atoms. The maximum absolute atomic E-state index is 13.8. The summed E-state index contributed by atoms with van der Waals surface area (Å²) in [5.41, 5.74) is 0. The second-order valence-electron chi connectivity index (χ2n) is 8.80. The van der Waals surface area contributed by atoms with Gasteiger partial charge in [-0.15, -0.1) is 0 Å². The van der Waals surface area contributed by atoms with Crippen LogP contribution >= 0.6 is 0 Å². The van der Waals surface area contributed by atoms with Crippen LogP contribution in [-0.2, 0) is 0 Å². The molecule has 0 nitrogen and oxygen atoms in total. The number of hydrogen-bond acceptors (Lipinski definition) is 0. The molecule has 0 N–H and O–H groups in total. The summed E-state index contributed by atoms with van der Waals surface area (Å²) in [4.78, 5) is 0. The van der Waals surface area contributed by atoms with Gasteiger partial charge in [0, 0.05) is 6.42 Å². The van der Waals surface area contributed by atoms with Crippen molar-refractivity contribution in [3.63, 3.8) is 0 Å². The Kier molecular flexibility index (Phi) is 11.5. The first-order valence-corrected chi connectivity index (χ1v) is 11.2. The molecule has 0 aliphatic heterocycles. The standard InChI is InChI=1S/C20H23F19/c1-2-3-4-5-6-7-8-9-10-11-12(21,22)13(23,24)14(25,26)15(27,28)16(29,30)17(31,32)18(33,34)19(35,36)20(37,38)39/h2-11H2,1H3. The molecule has 236 valence electrons. The van der Waals surface area contributed by atoms with Crippen molar-refractivity contribution < 1.29 is 83.4 Å². The summed E-state index contributed by atoms with van der Waals surface area (Å²) in [7, 11) is 0. The number of rotatable bonds is 17. The van der Waals surface area contributed by atoms with Crippen LogP contribution in [0.5, 0.6) is 0 Å². The lowest BCUT2D eigenvalue weighted by Gasteiger charge is -2.43. The van der Waals surface area contributed by atoms with Gasteiger partial charge in [0.15, 0.2) is 0 Å². The van der Waals surface area contributed by atoms with Gasteiger partial charge in [0.2, 0.25) is 0 Å². The summed E-state index contributed by atoms with van der Waals surface area (Å²) < 4.78 is 252. The third kappa shape index (κ3) is 6.45. The Morgan fingerprint density at radius 2 is 0.564 bits per heavy atom. The van der Waals surface area contributed by atoms with Crippen molar-refractivity contribution in [2.24, 2.45) is 0 Å². The minimum Gasteiger partial charge on any atom is -0.200 e. The molecule has 0 aromatic rings. The van der Waals surface area contributed by atoms with Crippen LogP contribution in [0.15, 0.2) is 0 Å². The highest BCUT2D eigenvalue weighted by molar-refractivity contribution is 5.16. The van der Waals surface area contributed by atoms with Crippen molar-refractivity contribution in [1.82, 2.24) is 0 Å². The van der Waals surface area contributed by atoms with Crippen LogP contribution in [0, 0.1) is 0 Å². The van der Waals surface area contributed by atoms with Crippen LogP contribution in [0.3, 0.4) is 0 Å². The van der Waals surface area contributed by atoms with E-state index in [9.17, 15) is 83.4 Å². The minimum atomic E-state index is -8.86. The van der Waals surface area contributed by atoms with Gasteiger partial charge in [-0.1, -0.05) is 58.3 Å². The molecule has 0 radical (unpaired) electrons. The first-order chi connectivity index (χ1) is 17.1. The van der Waals surface area contributed by atoms with E-state index in [4.69, 9.17) is 0 Å². The summed E-state index contributed by atoms with van der Waals surface area (Å²) in [5.74, 6) is -65.8. The van der Waals surface area contributed by atoms with E-state index in [-0.39, 0.29) is 6.42 Å². The fourth-order valence-electron chi connectivity index (χ4n) is 3.21. The van der Waals surface area contributed by atoms with Crippen LogP contribution in [0.4, 0.5) is 83.4 Å². The second kappa shape index (κ2) is 11.9. The topological polar surface area (TPSA) is 0 Å². The van der Waals surface area contributed by atoms with E-state index in [1.807, 2.05) is 6.92 Å². The van der Waals surface area contributed by atoms with Crippen molar-refractivity contribution in [2.75, 3.05) is 0 Å². The maximum Gasteiger partial charge on any atom is 0.460 e. The molecule has 0 bridgehead atoms. The van der Waals surface area contributed by atoms with Crippen molar-refractivity contribution >= 4 is 0 Å². The van der Waals surface area contributed by atoms with Crippen LogP contribution < -0.4 is 0 Å². The predicted molar refractivity (Wildman–Crippen MR) is 97.5 cm³/mol. The highest BCUT2D eigenvalue weighted by Crippen LogP contribution is 2.65. The number of unbranched alkanes of at least 4 members (excludes halogenated alkanes) is 8. The molecule has 0 fully saturated rings. The first kappa shape index (κ1) is 37.7. The Morgan fingerprint density at radius 1 is 0.308 bits per heavy atom. The average molecular weight is 624 g/mol. The van der Waals surface area contributed by atoms with Crippen molar-refractivity contribution in [2.45, 2.75) is 125 Å². The molecule has 0 aliphatic rings. The Labute approximate surface area is 209 Å². The molecule has 0 atom stereocenters. The summed E-state index contributed by atoms with van der Waals surface area (Å²) in [5, 5.41) is 0. The van der Waals surface area contributed by atoms with Gasteiger partial charge < -0.3 is 0 Å². The minimum absolute atomic E-state index is 0.0348. The van der Waals surface area contributed by atoms with Gasteiger partial charge in [0.1, 0.15) is 0 Å². The molecule has 19 heteroatoms. The molecule has 0 saturated carbocycles. The molecule has 0 rings (SSSR count). The Hall–Kier alpha value is -1.33. The van der Waals surface area contributed by atoms with Crippen LogP contribution in [0.2, 0.25) is 0 Å². The third-order valence-electron chi connectivity index (χ3n) is 5.78. The van der Waals surface area contributed by atoms with Gasteiger partial charge in [-0.2, -0.15) is 83.4 Å². The SMILES string of the molecule is CCCCCCCCCCCC(F)(F)C(F)(F)C(F)(F)C(F)(F)C(F)(F)C(F)(F)C(F)(F)C(F)(F)C(F)(F)F. The van der Waals surface area contributed by atoms with Crippen LogP contribution in [0.1, 0.15) is 71.1 Å². The second-order valence-corrected chi connectivity index (χ2v) is 8.80. The monoisotopic (exact) mass is 624 g/mol. The average Bonchev–Trinajstić information content (AvgIpc) is 2.76. The van der Waals surface area contributed by atoms with Gasteiger partial charge in [-0.3, -0.25) is 0 Å². The summed E-state index contributed by atoms with van der Waals surface area (Å²) in [6, 6.07) is 0. The highest BCUT2D eigenvalue weighted by atomic mass is 19.4. The van der Waals surface area contributed by atoms with E-state index in [1.54, 1.807) is 0 Å². The van der Waals surface area contributed by atoms with E-state index in [0.717, 1.165) is 19.3 Å². The van der Waals surface area contributed by atoms with E-state index >= 15 is 0 Å². The smallest absolute Gasteiger partial charge is 0.200 e. The quantitative estimate of drug-likeness (QED) is 0.112. The number of hydrogen-bond donors (Lipinski definition) is 0. The summed E-state index contributed by atoms with van der Waals surface area (Å²) in [6.07, 6.45) is -7.69. The summed E-state index contributed by atoms with van der Waals surface area (Å²) >= 11 is 0. The predicted octanol–water partition coefficient (Wildman–Crippen LogP) is 10.6. The van der Waals surface area contributed by atoms with E-state index in [1.165, 1.54) is 0 Å². The van der Waals surface area contributed by atoms with Gasteiger partial charge in [-0.05, 0) is 6.42 Å². The van der Waals surface area contributed by atoms with Crippen molar-refractivity contribution in [1.29, 1.82) is 0 Å². The van der Waals surface area contributed by atoms with Gasteiger partial charge >= 0.3 is 53.6 Å². The molecule has 0 aromatic heterocycles. The largest absolute Gasteiger partial charge is 0.460 e. The van der Waals surface area contributed by atoms with Crippen LogP contribution in [0.25, 0.3) is 0 Å². The Balaban J connectivity index is 5.97. The molecule has 0 saturated heterocycles. The fraction of sp³-hybridized carbons (Fsp3) is 1.00. The van der Waals surface area contributed by atoms with Gasteiger partial charge in [0.25, 0.3) is 0 Å². The Bertz CT molecular complexity index is 765. The molecular weight excluding hydrogens is 601 g/mol. The lowest BCUT2D eigenvalue weighted by atomic mass is 9.86. The summed E-state index contributed by atoms with van der Waals surface area (Å²) in [6.45, 7) is 1.89. The normalized spacial score (nSPS) is 15.7. The van der Waals surface area contributed by atoms with Crippen molar-refractivity contribution in [3.05, 3.63) is 0 Å². The lowest BCUT2D eigenvalue weighted by Crippen LogP contribution is -2.75. The number of halogens is 19. The van der Waals surface area contributed by atoms with Crippen molar-refractivity contribution in [3.8, 4) is 0 Å². The van der Waals surface area contributed by atoms with Gasteiger partial charge in [0.05, 0.1) is 0 Å². The molecule has 0 aliphatic carbocycles. The van der Waals surface area contributed by atoms with E-state index in [2.05, 4.69) is 0 Å². The molecule has 39 heavy (non-hydrogen) atoms. The molecule has 0 amide bonds. The first-order valence-electron chi connectivity index (χ1n) is 11.2. The molecule has 0 aromatic carbocycles. The highest BCUT2D eigenvalue weighted by Gasteiger charge is 2.96.